The van der Waals surface area contributed by atoms with Crippen LogP contribution in [0.2, 0.25) is 0 Å². The van der Waals surface area contributed by atoms with E-state index in [4.69, 9.17) is 9.47 Å². The maximum atomic E-state index is 12.8. The summed E-state index contributed by atoms with van der Waals surface area (Å²) in [5.74, 6) is 1.04. The molecular weight excluding hydrogens is 436 g/mol. The highest BCUT2D eigenvalue weighted by molar-refractivity contribution is 5.88. The minimum absolute atomic E-state index is 0.0915. The predicted molar refractivity (Wildman–Crippen MR) is 140 cm³/mol. The smallest absolute Gasteiger partial charge is 0.222 e. The summed E-state index contributed by atoms with van der Waals surface area (Å²) in [5.41, 5.74) is 2.48. The van der Waals surface area contributed by atoms with E-state index in [2.05, 4.69) is 70.9 Å². The number of carbonyl (C=O) groups excluding carboxylic acids is 1. The van der Waals surface area contributed by atoms with Crippen molar-refractivity contribution < 1.29 is 14.3 Å². The number of hydrogen-bond donors (Lipinski definition) is 1. The molecule has 1 amide bonds. The lowest BCUT2D eigenvalue weighted by Crippen LogP contribution is -2.46. The van der Waals surface area contributed by atoms with Crippen LogP contribution < -0.4 is 10.1 Å². The van der Waals surface area contributed by atoms with Gasteiger partial charge >= 0.3 is 0 Å². The van der Waals surface area contributed by atoms with Crippen molar-refractivity contribution in [2.75, 3.05) is 33.4 Å². The molecule has 1 saturated carbocycles. The molecule has 0 aromatic heterocycles. The standard InChI is InChI=1S/C30H36N2O3/c1-34-30(16-7-17-30)21-29(33)31-22-27-25-12-4-2-10-24(25)15-19-32(27)18-8-20-35-28-14-6-11-23-9-3-5-13-26(23)28/h2-6,9-14,27H,7-8,15-22H2,1H3,(H,31,33). The van der Waals surface area contributed by atoms with Crippen LogP contribution in [0.5, 0.6) is 5.75 Å². The molecule has 3 aromatic rings. The molecule has 0 spiro atoms. The quantitative estimate of drug-likeness (QED) is 0.408. The first kappa shape index (κ1) is 23.8. The molecule has 1 atom stereocenters. The lowest BCUT2D eigenvalue weighted by atomic mass is 9.77. The molecular formula is C30H36N2O3. The van der Waals surface area contributed by atoms with E-state index in [0.717, 1.165) is 56.3 Å². The lowest BCUT2D eigenvalue weighted by molar-refractivity contribution is -0.134. The Labute approximate surface area is 208 Å². The van der Waals surface area contributed by atoms with Crippen LogP contribution in [0, 0.1) is 0 Å². The lowest BCUT2D eigenvalue weighted by Gasteiger charge is -2.40. The number of carbonyl (C=O) groups is 1. The summed E-state index contributed by atoms with van der Waals surface area (Å²) in [6.07, 6.45) is 5.53. The molecule has 0 saturated heterocycles. The van der Waals surface area contributed by atoms with Gasteiger partial charge in [0.25, 0.3) is 0 Å². The number of amides is 1. The van der Waals surface area contributed by atoms with Gasteiger partial charge < -0.3 is 14.8 Å². The van der Waals surface area contributed by atoms with Gasteiger partial charge in [-0.25, -0.2) is 0 Å². The first-order chi connectivity index (χ1) is 17.2. The summed E-state index contributed by atoms with van der Waals surface area (Å²) < 4.78 is 11.8. The Morgan fingerprint density at radius 2 is 1.86 bits per heavy atom. The summed E-state index contributed by atoms with van der Waals surface area (Å²) >= 11 is 0. The van der Waals surface area contributed by atoms with E-state index in [0.29, 0.717) is 19.6 Å². The van der Waals surface area contributed by atoms with Gasteiger partial charge in [0.15, 0.2) is 0 Å². The number of hydrogen-bond acceptors (Lipinski definition) is 4. The number of rotatable bonds is 10. The molecule has 5 rings (SSSR count). The van der Waals surface area contributed by atoms with Gasteiger partial charge in [0.1, 0.15) is 5.75 Å². The molecule has 3 aromatic carbocycles. The van der Waals surface area contributed by atoms with Crippen LogP contribution >= 0.6 is 0 Å². The van der Waals surface area contributed by atoms with Crippen LogP contribution in [0.25, 0.3) is 10.8 Å². The van der Waals surface area contributed by atoms with E-state index in [-0.39, 0.29) is 17.6 Å². The van der Waals surface area contributed by atoms with E-state index in [1.807, 2.05) is 6.07 Å². The Kier molecular flexibility index (Phi) is 7.35. The molecule has 1 fully saturated rings. The molecule has 0 radical (unpaired) electrons. The van der Waals surface area contributed by atoms with Crippen LogP contribution in [0.4, 0.5) is 0 Å². The van der Waals surface area contributed by atoms with Crippen LogP contribution in [0.15, 0.2) is 66.7 Å². The van der Waals surface area contributed by atoms with Gasteiger partial charge in [-0.05, 0) is 54.7 Å². The Hall–Kier alpha value is -2.89. The first-order valence-electron chi connectivity index (χ1n) is 12.9. The van der Waals surface area contributed by atoms with Crippen LogP contribution in [0.1, 0.15) is 49.3 Å². The number of nitrogens with zero attached hydrogens (tertiary/aromatic N) is 1. The Morgan fingerprint density at radius 1 is 1.06 bits per heavy atom. The highest BCUT2D eigenvalue weighted by Gasteiger charge is 2.39. The van der Waals surface area contributed by atoms with Crippen molar-refractivity contribution in [2.24, 2.45) is 0 Å². The molecule has 1 aliphatic carbocycles. The summed E-state index contributed by atoms with van der Waals surface area (Å²) in [7, 11) is 1.73. The molecule has 0 bridgehead atoms. The third-order valence-corrected chi connectivity index (χ3v) is 7.79. The maximum absolute atomic E-state index is 12.8. The van der Waals surface area contributed by atoms with E-state index in [1.165, 1.54) is 16.5 Å². The molecule has 184 valence electrons. The molecule has 1 N–H and O–H groups in total. The second kappa shape index (κ2) is 10.8. The SMILES string of the molecule is COC1(CC(=O)NCC2c3ccccc3CCN2CCCOc2cccc3ccccc23)CCC1. The molecule has 5 nitrogen and oxygen atoms in total. The molecule has 5 heteroatoms. The molecule has 1 heterocycles. The highest BCUT2D eigenvalue weighted by Crippen LogP contribution is 2.38. The first-order valence-corrected chi connectivity index (χ1v) is 12.9. The molecule has 35 heavy (non-hydrogen) atoms. The van der Waals surface area contributed by atoms with Crippen molar-refractivity contribution in [1.82, 2.24) is 10.2 Å². The van der Waals surface area contributed by atoms with Crippen molar-refractivity contribution in [3.05, 3.63) is 77.9 Å². The van der Waals surface area contributed by atoms with Crippen molar-refractivity contribution in [3.63, 3.8) is 0 Å². The van der Waals surface area contributed by atoms with Gasteiger partial charge in [0.2, 0.25) is 5.91 Å². The van der Waals surface area contributed by atoms with Crippen molar-refractivity contribution >= 4 is 16.7 Å². The largest absolute Gasteiger partial charge is 0.493 e. The number of ether oxygens (including phenoxy) is 2. The summed E-state index contributed by atoms with van der Waals surface area (Å²) in [5, 5.41) is 5.58. The fraction of sp³-hybridized carbons (Fsp3) is 0.433. The van der Waals surface area contributed by atoms with Gasteiger partial charge in [0, 0.05) is 32.1 Å². The monoisotopic (exact) mass is 472 g/mol. The minimum Gasteiger partial charge on any atom is -0.493 e. The van der Waals surface area contributed by atoms with Gasteiger partial charge in [-0.1, -0.05) is 60.7 Å². The molecule has 2 aliphatic rings. The van der Waals surface area contributed by atoms with Crippen LogP contribution in [0.3, 0.4) is 0 Å². The van der Waals surface area contributed by atoms with E-state index in [1.54, 1.807) is 7.11 Å². The number of fused-ring (bicyclic) bond motifs is 2. The normalized spacial score (nSPS) is 19.1. The second-order valence-corrected chi connectivity index (χ2v) is 9.90. The number of benzene rings is 3. The summed E-state index contributed by atoms with van der Waals surface area (Å²) in [6, 6.07) is 23.4. The highest BCUT2D eigenvalue weighted by atomic mass is 16.5. The fourth-order valence-corrected chi connectivity index (χ4v) is 5.57. The maximum Gasteiger partial charge on any atom is 0.222 e. The third-order valence-electron chi connectivity index (χ3n) is 7.79. The number of methoxy groups -OCH3 is 1. The Morgan fingerprint density at radius 3 is 2.69 bits per heavy atom. The third kappa shape index (κ3) is 5.36. The topological polar surface area (TPSA) is 50.8 Å². The number of nitrogens with one attached hydrogen (secondary N) is 1. The van der Waals surface area contributed by atoms with Gasteiger partial charge in [-0.2, -0.15) is 0 Å². The van der Waals surface area contributed by atoms with Crippen LogP contribution in [-0.2, 0) is 16.0 Å². The fourth-order valence-electron chi connectivity index (χ4n) is 5.57. The van der Waals surface area contributed by atoms with Crippen molar-refractivity contribution in [2.45, 2.75) is 50.2 Å². The average molecular weight is 473 g/mol. The van der Waals surface area contributed by atoms with Crippen LogP contribution in [-0.4, -0.2) is 49.8 Å². The van der Waals surface area contributed by atoms with E-state index in [9.17, 15) is 4.79 Å². The van der Waals surface area contributed by atoms with E-state index >= 15 is 0 Å². The van der Waals surface area contributed by atoms with Gasteiger partial charge in [-0.3, -0.25) is 9.69 Å². The minimum atomic E-state index is -0.243. The van der Waals surface area contributed by atoms with Gasteiger partial charge in [-0.15, -0.1) is 0 Å². The zero-order valence-corrected chi connectivity index (χ0v) is 20.7. The average Bonchev–Trinajstić information content (AvgIpc) is 2.87. The Balaban J connectivity index is 1.19. The molecule has 1 aliphatic heterocycles. The van der Waals surface area contributed by atoms with Crippen molar-refractivity contribution in [1.29, 1.82) is 0 Å². The summed E-state index contributed by atoms with van der Waals surface area (Å²) in [4.78, 5) is 15.3. The van der Waals surface area contributed by atoms with E-state index < -0.39 is 0 Å². The van der Waals surface area contributed by atoms with Gasteiger partial charge in [0.05, 0.1) is 24.7 Å². The second-order valence-electron chi connectivity index (χ2n) is 9.90. The Bertz CT molecular complexity index is 1150. The predicted octanol–water partition coefficient (Wildman–Crippen LogP) is 5.28. The zero-order valence-electron chi connectivity index (χ0n) is 20.7. The zero-order chi connectivity index (χ0) is 24.1. The summed E-state index contributed by atoms with van der Waals surface area (Å²) in [6.45, 7) is 3.22. The molecule has 1 unspecified atom stereocenters. The van der Waals surface area contributed by atoms with Crippen molar-refractivity contribution in [3.8, 4) is 5.75 Å².